The summed E-state index contributed by atoms with van der Waals surface area (Å²) < 4.78 is 25.3. The third-order valence-electron chi connectivity index (χ3n) is 7.73. The molecule has 0 spiro atoms. The quantitative estimate of drug-likeness (QED) is 0.131. The molecule has 0 amide bonds. The molecule has 0 saturated heterocycles. The van der Waals surface area contributed by atoms with E-state index in [0.29, 0.717) is 57.1 Å². The van der Waals surface area contributed by atoms with E-state index in [4.69, 9.17) is 35.5 Å². The average Bonchev–Trinajstić information content (AvgIpc) is 3.42. The highest BCUT2D eigenvalue weighted by molar-refractivity contribution is 7.07. The number of rotatable bonds is 12. The summed E-state index contributed by atoms with van der Waals surface area (Å²) in [4.78, 5) is 33.4. The maximum atomic E-state index is 14.3. The predicted molar refractivity (Wildman–Crippen MR) is 192 cm³/mol. The monoisotopic (exact) mass is 694 g/mol. The van der Waals surface area contributed by atoms with Gasteiger partial charge < -0.3 is 18.9 Å². The van der Waals surface area contributed by atoms with Gasteiger partial charge in [0, 0.05) is 10.6 Å². The van der Waals surface area contributed by atoms with E-state index < -0.39 is 12.0 Å². The Morgan fingerprint density at radius 2 is 1.63 bits per heavy atom. The van der Waals surface area contributed by atoms with Crippen LogP contribution in [0.15, 0.2) is 112 Å². The van der Waals surface area contributed by atoms with Crippen LogP contribution in [0.2, 0.25) is 5.02 Å². The van der Waals surface area contributed by atoms with E-state index in [1.54, 1.807) is 17.6 Å². The minimum Gasteiger partial charge on any atom is -0.494 e. The van der Waals surface area contributed by atoms with Crippen LogP contribution in [0.3, 0.4) is 0 Å². The Morgan fingerprint density at radius 1 is 0.857 bits per heavy atom. The molecule has 1 aromatic heterocycles. The van der Waals surface area contributed by atoms with Crippen LogP contribution >= 0.6 is 22.9 Å². The van der Waals surface area contributed by atoms with Gasteiger partial charge in [-0.3, -0.25) is 9.36 Å². The lowest BCUT2D eigenvalue weighted by molar-refractivity contribution is -0.138. The first-order valence-corrected chi connectivity index (χ1v) is 17.2. The number of hydrogen-bond donors (Lipinski definition) is 0. The number of carbonyl (C=O) groups is 1. The number of nitrogens with zero attached hydrogens (tertiary/aromatic N) is 2. The number of aromatic nitrogens is 1. The summed E-state index contributed by atoms with van der Waals surface area (Å²) in [6.45, 7) is 7.01. The highest BCUT2D eigenvalue weighted by atomic mass is 35.5. The number of halogens is 1. The average molecular weight is 695 g/mol. The Hall–Kier alpha value is -5.12. The van der Waals surface area contributed by atoms with Gasteiger partial charge in [-0.2, -0.15) is 0 Å². The molecule has 0 fully saturated rings. The van der Waals surface area contributed by atoms with E-state index in [-0.39, 0.29) is 17.7 Å². The van der Waals surface area contributed by atoms with Gasteiger partial charge in [0.25, 0.3) is 5.56 Å². The fraction of sp³-hybridized carbons (Fsp3) is 0.205. The molecule has 0 aliphatic carbocycles. The Morgan fingerprint density at radius 3 is 2.35 bits per heavy atom. The molecule has 1 aliphatic heterocycles. The van der Waals surface area contributed by atoms with Crippen molar-refractivity contribution < 1.29 is 23.7 Å². The van der Waals surface area contributed by atoms with Gasteiger partial charge in [-0.15, -0.1) is 0 Å². The maximum Gasteiger partial charge on any atom is 0.338 e. The zero-order valence-electron chi connectivity index (χ0n) is 27.4. The van der Waals surface area contributed by atoms with Crippen molar-refractivity contribution in [1.29, 1.82) is 0 Å². The molecule has 5 aromatic rings. The summed E-state index contributed by atoms with van der Waals surface area (Å²) in [7, 11) is 0. The first-order valence-electron chi connectivity index (χ1n) is 16.1. The van der Waals surface area contributed by atoms with E-state index in [1.165, 1.54) is 11.3 Å². The molecule has 10 heteroatoms. The number of ether oxygens (including phenoxy) is 4. The summed E-state index contributed by atoms with van der Waals surface area (Å²) in [5, 5.41) is 0.637. The van der Waals surface area contributed by atoms with Crippen LogP contribution in [0.25, 0.3) is 11.8 Å². The van der Waals surface area contributed by atoms with Crippen molar-refractivity contribution >= 4 is 40.7 Å². The topological polar surface area (TPSA) is 88.4 Å². The standard InChI is InChI=1S/C39H35ClN2O6S/c1-4-45-30-18-16-28(17-19-30)36-34(38(44)47-6-3)35(27-12-8-7-9-13-27)41-39-42(36)37(43)33(49-39)23-25-15-20-31(32(22-25)46-5-2)48-24-26-11-10-14-29(40)21-26/h7-23,36H,4-6,24H2,1-3H3/b33-23-/t36-/m1/s1. The van der Waals surface area contributed by atoms with Gasteiger partial charge >= 0.3 is 5.97 Å². The van der Waals surface area contributed by atoms with Crippen molar-refractivity contribution in [3.05, 3.63) is 150 Å². The van der Waals surface area contributed by atoms with Gasteiger partial charge in [0.2, 0.25) is 0 Å². The lowest BCUT2D eigenvalue weighted by Gasteiger charge is -2.26. The zero-order valence-corrected chi connectivity index (χ0v) is 28.9. The first kappa shape index (κ1) is 33.8. The highest BCUT2D eigenvalue weighted by Crippen LogP contribution is 2.36. The maximum absolute atomic E-state index is 14.3. The molecule has 1 atom stereocenters. The molecule has 1 aliphatic rings. The summed E-state index contributed by atoms with van der Waals surface area (Å²) in [5.41, 5.74) is 3.61. The largest absolute Gasteiger partial charge is 0.494 e. The SMILES string of the molecule is CCOC(=O)C1=C(c2ccccc2)N=c2s/c(=C\c3ccc(OCc4cccc(Cl)c4)c(OCC)c3)c(=O)n2[C@@H]1c1ccc(OCC)cc1. The van der Waals surface area contributed by atoms with Crippen LogP contribution in [0.4, 0.5) is 0 Å². The van der Waals surface area contributed by atoms with Crippen molar-refractivity contribution in [2.24, 2.45) is 4.99 Å². The highest BCUT2D eigenvalue weighted by Gasteiger charge is 2.35. The Kier molecular flexibility index (Phi) is 10.6. The first-order chi connectivity index (χ1) is 23.9. The smallest absolute Gasteiger partial charge is 0.338 e. The third kappa shape index (κ3) is 7.48. The van der Waals surface area contributed by atoms with Crippen LogP contribution in [0.5, 0.6) is 17.2 Å². The molecule has 8 nitrogen and oxygen atoms in total. The van der Waals surface area contributed by atoms with Crippen molar-refractivity contribution in [2.45, 2.75) is 33.4 Å². The van der Waals surface area contributed by atoms with E-state index in [2.05, 4.69) is 0 Å². The summed E-state index contributed by atoms with van der Waals surface area (Å²) >= 11 is 7.40. The van der Waals surface area contributed by atoms with Gasteiger partial charge in [-0.05, 0) is 79.9 Å². The molecule has 0 saturated carbocycles. The molecule has 0 radical (unpaired) electrons. The minimum atomic E-state index is -0.787. The number of carbonyl (C=O) groups excluding carboxylic acids is 1. The van der Waals surface area contributed by atoms with Crippen molar-refractivity contribution in [3.8, 4) is 17.2 Å². The molecule has 6 rings (SSSR count). The predicted octanol–water partition coefficient (Wildman–Crippen LogP) is 6.97. The fourth-order valence-electron chi connectivity index (χ4n) is 5.61. The molecule has 49 heavy (non-hydrogen) atoms. The number of hydrogen-bond acceptors (Lipinski definition) is 8. The van der Waals surface area contributed by atoms with Crippen LogP contribution < -0.4 is 29.1 Å². The second-order valence-corrected chi connectivity index (χ2v) is 12.4. The second kappa shape index (κ2) is 15.4. The molecule has 2 heterocycles. The lowest BCUT2D eigenvalue weighted by Crippen LogP contribution is -2.40. The van der Waals surface area contributed by atoms with Crippen molar-refractivity contribution in [3.63, 3.8) is 0 Å². The second-order valence-electron chi connectivity index (χ2n) is 11.0. The number of fused-ring (bicyclic) bond motifs is 1. The fourth-order valence-corrected chi connectivity index (χ4v) is 6.82. The summed E-state index contributed by atoms with van der Waals surface area (Å²) in [6, 6.07) is 29.1. The van der Waals surface area contributed by atoms with E-state index >= 15 is 0 Å². The Balaban J connectivity index is 1.47. The van der Waals surface area contributed by atoms with Gasteiger partial charge in [0.15, 0.2) is 16.3 Å². The van der Waals surface area contributed by atoms with E-state index in [1.807, 2.05) is 111 Å². The molecule has 0 bridgehead atoms. The van der Waals surface area contributed by atoms with Gasteiger partial charge in [-0.25, -0.2) is 9.79 Å². The van der Waals surface area contributed by atoms with E-state index in [9.17, 15) is 9.59 Å². The zero-order chi connectivity index (χ0) is 34.3. The minimum absolute atomic E-state index is 0.172. The normalized spacial score (nSPS) is 14.2. The number of thiazole rings is 1. The van der Waals surface area contributed by atoms with Crippen molar-refractivity contribution in [1.82, 2.24) is 4.57 Å². The van der Waals surface area contributed by atoms with Crippen LogP contribution in [0, 0.1) is 0 Å². The van der Waals surface area contributed by atoms with Crippen LogP contribution in [0.1, 0.15) is 49.1 Å². The van der Waals surface area contributed by atoms with Gasteiger partial charge in [-0.1, -0.05) is 83.6 Å². The summed E-state index contributed by atoms with van der Waals surface area (Å²) in [5.74, 6) is 1.28. The molecule has 0 N–H and O–H groups in total. The molecule has 0 unspecified atom stereocenters. The van der Waals surface area contributed by atoms with Crippen molar-refractivity contribution in [2.75, 3.05) is 19.8 Å². The molecular weight excluding hydrogens is 660 g/mol. The molecular formula is C39H35ClN2O6S. The van der Waals surface area contributed by atoms with Gasteiger partial charge in [0.05, 0.1) is 41.7 Å². The van der Waals surface area contributed by atoms with E-state index in [0.717, 1.165) is 22.3 Å². The molecule has 250 valence electrons. The number of esters is 1. The molecule has 4 aromatic carbocycles. The lowest BCUT2D eigenvalue weighted by atomic mass is 9.93. The summed E-state index contributed by atoms with van der Waals surface area (Å²) in [6.07, 6.45) is 1.80. The Labute approximate surface area is 293 Å². The number of benzene rings is 4. The van der Waals surface area contributed by atoms with Crippen LogP contribution in [-0.2, 0) is 16.1 Å². The Bertz CT molecular complexity index is 2170. The van der Waals surface area contributed by atoms with Crippen LogP contribution in [-0.4, -0.2) is 30.4 Å². The van der Waals surface area contributed by atoms with Gasteiger partial charge in [0.1, 0.15) is 12.4 Å². The third-order valence-corrected chi connectivity index (χ3v) is 8.95.